The highest BCUT2D eigenvalue weighted by molar-refractivity contribution is 6.30. The number of aromatic nitrogens is 1. The van der Waals surface area contributed by atoms with Gasteiger partial charge >= 0.3 is 11.9 Å². The highest BCUT2D eigenvalue weighted by Crippen LogP contribution is 2.32. The molecule has 2 aromatic heterocycles. The van der Waals surface area contributed by atoms with E-state index in [1.54, 1.807) is 42.6 Å². The number of nitrogens with zero attached hydrogens (tertiary/aromatic N) is 1. The predicted octanol–water partition coefficient (Wildman–Crippen LogP) is 4.57. The van der Waals surface area contributed by atoms with Gasteiger partial charge in [0, 0.05) is 22.3 Å². The van der Waals surface area contributed by atoms with E-state index in [-0.39, 0.29) is 16.8 Å². The van der Waals surface area contributed by atoms with Crippen LogP contribution in [0.4, 0.5) is 5.69 Å². The molecule has 4 aromatic rings. The van der Waals surface area contributed by atoms with E-state index in [1.807, 2.05) is 18.2 Å². The van der Waals surface area contributed by atoms with Gasteiger partial charge in [-0.2, -0.15) is 0 Å². The molecule has 1 N–H and O–H groups in total. The molecule has 0 aliphatic carbocycles. The molecule has 0 aliphatic heterocycles. The lowest BCUT2D eigenvalue weighted by Gasteiger charge is -2.08. The smallest absolute Gasteiger partial charge is 0.341 e. The number of methoxy groups -OCH3 is 2. The summed E-state index contributed by atoms with van der Waals surface area (Å²) in [4.78, 5) is 38.8. The van der Waals surface area contributed by atoms with E-state index in [0.717, 1.165) is 5.39 Å². The van der Waals surface area contributed by atoms with Crippen molar-refractivity contribution in [1.29, 1.82) is 0 Å². The lowest BCUT2D eigenvalue weighted by atomic mass is 10.1. The molecule has 31 heavy (non-hydrogen) atoms. The van der Waals surface area contributed by atoms with Crippen LogP contribution in [0.3, 0.4) is 0 Å². The van der Waals surface area contributed by atoms with Crippen LogP contribution in [-0.4, -0.2) is 36.5 Å². The maximum atomic E-state index is 13.3. The third-order valence-electron chi connectivity index (χ3n) is 4.92. The average Bonchev–Trinajstić information content (AvgIpc) is 3.15. The van der Waals surface area contributed by atoms with Crippen molar-refractivity contribution in [2.75, 3.05) is 19.5 Å². The Labute approximate surface area is 182 Å². The molecule has 0 fully saturated rings. The van der Waals surface area contributed by atoms with Crippen molar-refractivity contribution in [3.05, 3.63) is 82.6 Å². The Morgan fingerprint density at radius 1 is 0.871 bits per heavy atom. The number of carbonyl (C=O) groups excluding carboxylic acids is 3. The van der Waals surface area contributed by atoms with Crippen LogP contribution in [0.25, 0.3) is 16.3 Å². The molecule has 0 radical (unpaired) electrons. The second-order valence-electron chi connectivity index (χ2n) is 6.66. The first-order chi connectivity index (χ1) is 15.0. The molecule has 2 heterocycles. The number of anilines is 1. The van der Waals surface area contributed by atoms with E-state index in [1.165, 1.54) is 18.6 Å². The van der Waals surface area contributed by atoms with Crippen molar-refractivity contribution in [3.8, 4) is 0 Å². The molecule has 156 valence electrons. The lowest BCUT2D eigenvalue weighted by Crippen LogP contribution is -2.19. The van der Waals surface area contributed by atoms with E-state index in [0.29, 0.717) is 21.6 Å². The molecule has 0 unspecified atom stereocenters. The molecular formula is C23H17ClN2O5. The fourth-order valence-electron chi connectivity index (χ4n) is 3.56. The van der Waals surface area contributed by atoms with Gasteiger partial charge in [-0.15, -0.1) is 0 Å². The zero-order chi connectivity index (χ0) is 22.1. The maximum absolute atomic E-state index is 13.3. The standard InChI is InChI=1S/C23H17ClN2O5/c1-30-22(28)17-18(23(29)31-2)20(21(27)25-15-9-7-14(24)8-10-15)26-12-11-13-5-3-4-6-16(13)19(17)26/h3-12H,1-2H3,(H,25,27). The van der Waals surface area contributed by atoms with Gasteiger partial charge in [0.1, 0.15) is 16.8 Å². The van der Waals surface area contributed by atoms with E-state index < -0.39 is 17.8 Å². The monoisotopic (exact) mass is 436 g/mol. The minimum absolute atomic E-state index is 0.0348. The summed E-state index contributed by atoms with van der Waals surface area (Å²) >= 11 is 5.91. The first-order valence-corrected chi connectivity index (χ1v) is 9.63. The van der Waals surface area contributed by atoms with Gasteiger partial charge in [0.2, 0.25) is 0 Å². The number of carbonyl (C=O) groups is 3. The first-order valence-electron chi connectivity index (χ1n) is 9.25. The molecule has 0 spiro atoms. The van der Waals surface area contributed by atoms with E-state index in [4.69, 9.17) is 21.1 Å². The van der Waals surface area contributed by atoms with Crippen LogP contribution < -0.4 is 5.32 Å². The average molecular weight is 437 g/mol. The molecule has 0 saturated carbocycles. The number of amides is 1. The Balaban J connectivity index is 2.04. The largest absolute Gasteiger partial charge is 0.465 e. The molecule has 0 atom stereocenters. The summed E-state index contributed by atoms with van der Waals surface area (Å²) < 4.78 is 11.4. The van der Waals surface area contributed by atoms with Crippen LogP contribution >= 0.6 is 11.6 Å². The third-order valence-corrected chi connectivity index (χ3v) is 5.17. The Hall–Kier alpha value is -3.84. The molecule has 0 bridgehead atoms. The predicted molar refractivity (Wildman–Crippen MR) is 117 cm³/mol. The summed E-state index contributed by atoms with van der Waals surface area (Å²) in [6, 6.07) is 15.6. The summed E-state index contributed by atoms with van der Waals surface area (Å²) in [7, 11) is 2.40. The van der Waals surface area contributed by atoms with Gasteiger partial charge in [-0.25, -0.2) is 9.59 Å². The Morgan fingerprint density at radius 2 is 1.52 bits per heavy atom. The minimum Gasteiger partial charge on any atom is -0.465 e. The van der Waals surface area contributed by atoms with Crippen molar-refractivity contribution in [3.63, 3.8) is 0 Å². The van der Waals surface area contributed by atoms with E-state index in [9.17, 15) is 14.4 Å². The molecule has 7 nitrogen and oxygen atoms in total. The van der Waals surface area contributed by atoms with Gasteiger partial charge in [-0.1, -0.05) is 35.9 Å². The number of benzene rings is 2. The second kappa shape index (κ2) is 8.12. The SMILES string of the molecule is COC(=O)c1c(C(=O)OC)c2c3ccccc3ccn2c1C(=O)Nc1ccc(Cl)cc1. The van der Waals surface area contributed by atoms with Gasteiger partial charge in [-0.05, 0) is 35.7 Å². The topological polar surface area (TPSA) is 86.1 Å². The van der Waals surface area contributed by atoms with Gasteiger partial charge < -0.3 is 19.2 Å². The third kappa shape index (κ3) is 3.49. The van der Waals surface area contributed by atoms with Crippen molar-refractivity contribution in [2.24, 2.45) is 0 Å². The zero-order valence-electron chi connectivity index (χ0n) is 16.6. The summed E-state index contributed by atoms with van der Waals surface area (Å²) in [6.07, 6.45) is 1.63. The summed E-state index contributed by atoms with van der Waals surface area (Å²) in [5.41, 5.74) is 0.611. The first kappa shape index (κ1) is 20.4. The van der Waals surface area contributed by atoms with Crippen molar-refractivity contribution < 1.29 is 23.9 Å². The van der Waals surface area contributed by atoms with Crippen molar-refractivity contribution >= 4 is 51.4 Å². The molecule has 0 aliphatic rings. The van der Waals surface area contributed by atoms with Crippen molar-refractivity contribution in [1.82, 2.24) is 4.40 Å². The molecule has 4 rings (SSSR count). The van der Waals surface area contributed by atoms with E-state index >= 15 is 0 Å². The van der Waals surface area contributed by atoms with Crippen LogP contribution in [0.15, 0.2) is 60.8 Å². The second-order valence-corrected chi connectivity index (χ2v) is 7.10. The van der Waals surface area contributed by atoms with Crippen LogP contribution in [0.2, 0.25) is 5.02 Å². The van der Waals surface area contributed by atoms with Crippen LogP contribution in [-0.2, 0) is 9.47 Å². The van der Waals surface area contributed by atoms with Crippen LogP contribution in [0.1, 0.15) is 31.2 Å². The highest BCUT2D eigenvalue weighted by atomic mass is 35.5. The van der Waals surface area contributed by atoms with Gasteiger partial charge in [0.05, 0.1) is 19.7 Å². The molecule has 8 heteroatoms. The number of rotatable bonds is 4. The quantitative estimate of drug-likeness (QED) is 0.473. The normalized spacial score (nSPS) is 10.8. The Morgan fingerprint density at radius 3 is 2.19 bits per heavy atom. The fourth-order valence-corrected chi connectivity index (χ4v) is 3.69. The number of nitrogens with one attached hydrogen (secondary N) is 1. The number of hydrogen-bond acceptors (Lipinski definition) is 5. The summed E-state index contributed by atoms with van der Waals surface area (Å²) in [5.74, 6) is -2.17. The molecular weight excluding hydrogens is 420 g/mol. The lowest BCUT2D eigenvalue weighted by molar-refractivity contribution is 0.0556. The molecule has 2 aromatic carbocycles. The van der Waals surface area contributed by atoms with Crippen LogP contribution in [0, 0.1) is 0 Å². The number of halogens is 1. The zero-order valence-corrected chi connectivity index (χ0v) is 17.4. The maximum Gasteiger partial charge on any atom is 0.341 e. The molecule has 1 amide bonds. The molecule has 0 saturated heterocycles. The number of ether oxygens (including phenoxy) is 2. The number of pyridine rings is 1. The Kier molecular flexibility index (Phi) is 5.35. The fraction of sp³-hybridized carbons (Fsp3) is 0.0870. The van der Waals surface area contributed by atoms with E-state index in [2.05, 4.69) is 5.32 Å². The van der Waals surface area contributed by atoms with Crippen LogP contribution in [0.5, 0.6) is 0 Å². The number of fused-ring (bicyclic) bond motifs is 3. The minimum atomic E-state index is -0.825. The number of esters is 2. The Bertz CT molecular complexity index is 1340. The van der Waals surface area contributed by atoms with Gasteiger partial charge in [0.15, 0.2) is 0 Å². The van der Waals surface area contributed by atoms with Gasteiger partial charge in [-0.3, -0.25) is 4.79 Å². The summed E-state index contributed by atoms with van der Waals surface area (Å²) in [5, 5.41) is 4.77. The summed E-state index contributed by atoms with van der Waals surface area (Å²) in [6.45, 7) is 0. The number of hydrogen-bond donors (Lipinski definition) is 1. The van der Waals surface area contributed by atoms with Crippen molar-refractivity contribution in [2.45, 2.75) is 0 Å². The van der Waals surface area contributed by atoms with Gasteiger partial charge in [0.25, 0.3) is 5.91 Å². The highest BCUT2D eigenvalue weighted by Gasteiger charge is 2.33.